The summed E-state index contributed by atoms with van der Waals surface area (Å²) in [5, 5.41) is 6.64. The maximum absolute atomic E-state index is 11.9. The molecule has 1 atom stereocenters. The van der Waals surface area contributed by atoms with Gasteiger partial charge in [0.2, 0.25) is 0 Å². The van der Waals surface area contributed by atoms with Gasteiger partial charge < -0.3 is 10.6 Å². The van der Waals surface area contributed by atoms with Gasteiger partial charge >= 0.3 is 0 Å². The molecule has 0 aliphatic rings. The van der Waals surface area contributed by atoms with Crippen LogP contribution in [0.25, 0.3) is 0 Å². The fourth-order valence-corrected chi connectivity index (χ4v) is 2.03. The molecule has 0 radical (unpaired) electrons. The summed E-state index contributed by atoms with van der Waals surface area (Å²) in [5.41, 5.74) is 0.557. The third kappa shape index (κ3) is 5.57. The SMILES string of the molecule is CCN[C@H](C)CNC(=O)c1cc(Cl)ccc1Br.Cl. The Balaban J connectivity index is 0.00000289. The molecule has 1 amide bonds. The van der Waals surface area contributed by atoms with Crippen LogP contribution in [-0.4, -0.2) is 25.0 Å². The molecular weight excluding hydrogens is 339 g/mol. The molecule has 6 heteroatoms. The van der Waals surface area contributed by atoms with Gasteiger partial charge in [-0.2, -0.15) is 0 Å². The van der Waals surface area contributed by atoms with Crippen molar-refractivity contribution in [2.24, 2.45) is 0 Å². The predicted molar refractivity (Wildman–Crippen MR) is 81.9 cm³/mol. The number of rotatable bonds is 5. The highest BCUT2D eigenvalue weighted by molar-refractivity contribution is 9.10. The highest BCUT2D eigenvalue weighted by Gasteiger charge is 2.11. The number of carbonyl (C=O) groups is 1. The van der Waals surface area contributed by atoms with E-state index in [1.54, 1.807) is 18.2 Å². The zero-order chi connectivity index (χ0) is 12.8. The average molecular weight is 356 g/mol. The molecule has 0 saturated carbocycles. The summed E-state index contributed by atoms with van der Waals surface area (Å²) >= 11 is 9.19. The van der Waals surface area contributed by atoms with Gasteiger partial charge in [-0.1, -0.05) is 18.5 Å². The Morgan fingerprint density at radius 1 is 1.50 bits per heavy atom. The highest BCUT2D eigenvalue weighted by Crippen LogP contribution is 2.20. The van der Waals surface area contributed by atoms with E-state index < -0.39 is 0 Å². The van der Waals surface area contributed by atoms with E-state index in [9.17, 15) is 4.79 Å². The Bertz CT molecular complexity index is 402. The lowest BCUT2D eigenvalue weighted by Crippen LogP contribution is -2.38. The quantitative estimate of drug-likeness (QED) is 0.851. The molecule has 1 aromatic rings. The van der Waals surface area contributed by atoms with E-state index in [1.165, 1.54) is 0 Å². The number of benzene rings is 1. The predicted octanol–water partition coefficient (Wildman–Crippen LogP) is 3.25. The van der Waals surface area contributed by atoms with Gasteiger partial charge in [-0.15, -0.1) is 12.4 Å². The molecule has 102 valence electrons. The standard InChI is InChI=1S/C12H16BrClN2O.ClH/c1-3-15-8(2)7-16-12(17)10-6-9(14)4-5-11(10)13;/h4-6,8,15H,3,7H2,1-2H3,(H,16,17);1H/t8-;/m1./s1. The summed E-state index contributed by atoms with van der Waals surface area (Å²) in [6, 6.07) is 5.41. The van der Waals surface area contributed by atoms with Crippen molar-refractivity contribution in [3.8, 4) is 0 Å². The van der Waals surface area contributed by atoms with Crippen molar-refractivity contribution in [2.75, 3.05) is 13.1 Å². The third-order valence-electron chi connectivity index (χ3n) is 2.29. The molecule has 0 bridgehead atoms. The van der Waals surface area contributed by atoms with Crippen LogP contribution in [0.1, 0.15) is 24.2 Å². The fraction of sp³-hybridized carbons (Fsp3) is 0.417. The first-order valence-electron chi connectivity index (χ1n) is 5.51. The van der Waals surface area contributed by atoms with Gasteiger partial charge in [-0.3, -0.25) is 4.79 Å². The van der Waals surface area contributed by atoms with Gasteiger partial charge in [0.05, 0.1) is 5.56 Å². The second kappa shape index (κ2) is 8.75. The maximum atomic E-state index is 11.9. The third-order valence-corrected chi connectivity index (χ3v) is 3.22. The zero-order valence-corrected chi connectivity index (χ0v) is 13.5. The second-order valence-electron chi connectivity index (χ2n) is 3.79. The first kappa shape index (κ1) is 17.7. The molecule has 0 aliphatic heterocycles. The zero-order valence-electron chi connectivity index (χ0n) is 10.3. The molecule has 3 nitrogen and oxygen atoms in total. The monoisotopic (exact) mass is 354 g/mol. The molecule has 0 aromatic heterocycles. The summed E-state index contributed by atoms with van der Waals surface area (Å²) < 4.78 is 0.746. The number of halogens is 3. The fourth-order valence-electron chi connectivity index (χ4n) is 1.43. The summed E-state index contributed by atoms with van der Waals surface area (Å²) in [6.07, 6.45) is 0. The summed E-state index contributed by atoms with van der Waals surface area (Å²) in [7, 11) is 0. The summed E-state index contributed by atoms with van der Waals surface area (Å²) in [4.78, 5) is 11.9. The van der Waals surface area contributed by atoms with Crippen molar-refractivity contribution in [2.45, 2.75) is 19.9 Å². The minimum atomic E-state index is -0.121. The van der Waals surface area contributed by atoms with Crippen LogP contribution < -0.4 is 10.6 Å². The van der Waals surface area contributed by atoms with Crippen molar-refractivity contribution in [1.82, 2.24) is 10.6 Å². The molecule has 2 N–H and O–H groups in total. The van der Waals surface area contributed by atoms with E-state index in [-0.39, 0.29) is 24.4 Å². The van der Waals surface area contributed by atoms with E-state index in [0.29, 0.717) is 17.1 Å². The molecule has 0 heterocycles. The smallest absolute Gasteiger partial charge is 0.252 e. The lowest BCUT2D eigenvalue weighted by Gasteiger charge is -2.13. The minimum absolute atomic E-state index is 0. The van der Waals surface area contributed by atoms with Gasteiger partial charge in [0.25, 0.3) is 5.91 Å². The van der Waals surface area contributed by atoms with Crippen molar-refractivity contribution in [3.63, 3.8) is 0 Å². The molecule has 1 rings (SSSR count). The summed E-state index contributed by atoms with van der Waals surface area (Å²) in [6.45, 7) is 5.53. The van der Waals surface area contributed by atoms with Crippen molar-refractivity contribution < 1.29 is 4.79 Å². The molecule has 0 aliphatic carbocycles. The first-order valence-corrected chi connectivity index (χ1v) is 6.68. The lowest BCUT2D eigenvalue weighted by atomic mass is 10.2. The van der Waals surface area contributed by atoms with Gasteiger partial charge in [0.1, 0.15) is 0 Å². The Morgan fingerprint density at radius 3 is 2.78 bits per heavy atom. The molecular formula is C12H17BrCl2N2O. The van der Waals surface area contributed by atoms with Crippen molar-refractivity contribution in [1.29, 1.82) is 0 Å². The van der Waals surface area contributed by atoms with E-state index in [0.717, 1.165) is 11.0 Å². The van der Waals surface area contributed by atoms with Gasteiger partial charge in [0, 0.05) is 22.1 Å². The molecule has 1 aromatic carbocycles. The average Bonchev–Trinajstić information content (AvgIpc) is 2.29. The molecule has 0 spiro atoms. The number of nitrogens with one attached hydrogen (secondary N) is 2. The van der Waals surface area contributed by atoms with Crippen LogP contribution in [0.4, 0.5) is 0 Å². The molecule has 18 heavy (non-hydrogen) atoms. The molecule has 0 unspecified atom stereocenters. The van der Waals surface area contributed by atoms with Gasteiger partial charge in [0.15, 0.2) is 0 Å². The number of amides is 1. The number of carbonyl (C=O) groups excluding carboxylic acids is 1. The lowest BCUT2D eigenvalue weighted by molar-refractivity contribution is 0.0949. The topological polar surface area (TPSA) is 41.1 Å². The van der Waals surface area contributed by atoms with Crippen LogP contribution in [0, 0.1) is 0 Å². The highest BCUT2D eigenvalue weighted by atomic mass is 79.9. The van der Waals surface area contributed by atoms with Crippen molar-refractivity contribution >= 4 is 45.8 Å². The Morgan fingerprint density at radius 2 is 2.17 bits per heavy atom. The second-order valence-corrected chi connectivity index (χ2v) is 5.08. The van der Waals surface area contributed by atoms with E-state index in [1.807, 2.05) is 13.8 Å². The minimum Gasteiger partial charge on any atom is -0.350 e. The van der Waals surface area contributed by atoms with Crippen LogP contribution in [0.15, 0.2) is 22.7 Å². The van der Waals surface area contributed by atoms with E-state index in [4.69, 9.17) is 11.6 Å². The number of hydrogen-bond donors (Lipinski definition) is 2. The van der Waals surface area contributed by atoms with Crippen LogP contribution >= 0.6 is 39.9 Å². The normalized spacial score (nSPS) is 11.6. The van der Waals surface area contributed by atoms with Gasteiger partial charge in [-0.25, -0.2) is 0 Å². The van der Waals surface area contributed by atoms with Crippen LogP contribution in [0.5, 0.6) is 0 Å². The van der Waals surface area contributed by atoms with Crippen molar-refractivity contribution in [3.05, 3.63) is 33.3 Å². The number of likely N-dealkylation sites (N-methyl/N-ethyl adjacent to an activating group) is 1. The van der Waals surface area contributed by atoms with Gasteiger partial charge in [-0.05, 0) is 47.6 Å². The van der Waals surface area contributed by atoms with E-state index >= 15 is 0 Å². The van der Waals surface area contributed by atoms with Crippen LogP contribution in [-0.2, 0) is 0 Å². The largest absolute Gasteiger partial charge is 0.350 e. The molecule has 0 fully saturated rings. The Kier molecular flexibility index (Phi) is 8.61. The van der Waals surface area contributed by atoms with E-state index in [2.05, 4.69) is 26.6 Å². The van der Waals surface area contributed by atoms with Crippen LogP contribution in [0.3, 0.4) is 0 Å². The summed E-state index contributed by atoms with van der Waals surface area (Å²) in [5.74, 6) is -0.121. The maximum Gasteiger partial charge on any atom is 0.252 e. The first-order chi connectivity index (χ1) is 8.04. The Labute approximate surface area is 127 Å². The van der Waals surface area contributed by atoms with Crippen LogP contribution in [0.2, 0.25) is 5.02 Å². The Hall–Kier alpha value is -0.290. The number of hydrogen-bond acceptors (Lipinski definition) is 2. The molecule has 0 saturated heterocycles.